The number of rotatable bonds is 5. The lowest BCUT2D eigenvalue weighted by molar-refractivity contribution is -0.142. The van der Waals surface area contributed by atoms with Crippen LogP contribution in [0.3, 0.4) is 0 Å². The van der Waals surface area contributed by atoms with Gasteiger partial charge < -0.3 is 10.0 Å². The van der Waals surface area contributed by atoms with Gasteiger partial charge in [0.2, 0.25) is 5.91 Å². The first-order valence-corrected chi connectivity index (χ1v) is 6.34. The lowest BCUT2D eigenvalue weighted by atomic mass is 10.0. The summed E-state index contributed by atoms with van der Waals surface area (Å²) in [6, 6.07) is 6.01. The molecule has 1 rings (SSSR count). The molecule has 0 aliphatic rings. The topological polar surface area (TPSA) is 57.6 Å². The van der Waals surface area contributed by atoms with Crippen LogP contribution in [0.2, 0.25) is 0 Å². The van der Waals surface area contributed by atoms with Crippen molar-refractivity contribution in [2.75, 3.05) is 13.6 Å². The van der Waals surface area contributed by atoms with Crippen molar-refractivity contribution < 1.29 is 14.7 Å². The molecule has 104 valence electrons. The Kier molecular flexibility index (Phi) is 5.10. The Morgan fingerprint density at radius 1 is 1.32 bits per heavy atom. The van der Waals surface area contributed by atoms with Crippen LogP contribution in [0.15, 0.2) is 18.2 Å². The van der Waals surface area contributed by atoms with Crippen LogP contribution in [-0.4, -0.2) is 35.5 Å². The molecule has 0 fully saturated rings. The van der Waals surface area contributed by atoms with Crippen molar-refractivity contribution in [3.63, 3.8) is 0 Å². The van der Waals surface area contributed by atoms with Crippen LogP contribution in [0.5, 0.6) is 0 Å². The molecule has 0 saturated carbocycles. The van der Waals surface area contributed by atoms with E-state index >= 15 is 0 Å². The van der Waals surface area contributed by atoms with Gasteiger partial charge >= 0.3 is 5.97 Å². The average Bonchev–Trinajstić information content (AvgIpc) is 2.33. The fraction of sp³-hybridized carbons (Fsp3) is 0.467. The highest BCUT2D eigenvalue weighted by Gasteiger charge is 2.18. The maximum absolute atomic E-state index is 12.1. The third-order valence-electron chi connectivity index (χ3n) is 3.24. The van der Waals surface area contributed by atoms with E-state index in [1.165, 1.54) is 4.90 Å². The summed E-state index contributed by atoms with van der Waals surface area (Å²) in [6.07, 6.45) is 0.316. The minimum absolute atomic E-state index is 0.0539. The molecule has 4 heteroatoms. The van der Waals surface area contributed by atoms with Gasteiger partial charge in [0.25, 0.3) is 0 Å². The molecule has 0 aliphatic heterocycles. The largest absolute Gasteiger partial charge is 0.481 e. The van der Waals surface area contributed by atoms with E-state index < -0.39 is 11.9 Å². The van der Waals surface area contributed by atoms with Gasteiger partial charge in [0, 0.05) is 13.6 Å². The molecule has 1 atom stereocenters. The number of carboxylic acid groups (broad SMARTS) is 1. The van der Waals surface area contributed by atoms with Crippen LogP contribution in [-0.2, 0) is 16.0 Å². The van der Waals surface area contributed by atoms with Crippen LogP contribution < -0.4 is 0 Å². The van der Waals surface area contributed by atoms with Gasteiger partial charge in [0.15, 0.2) is 0 Å². The molecular formula is C15H21NO3. The zero-order valence-corrected chi connectivity index (χ0v) is 11.9. The third-order valence-corrected chi connectivity index (χ3v) is 3.24. The number of hydrogen-bond acceptors (Lipinski definition) is 2. The highest BCUT2D eigenvalue weighted by Crippen LogP contribution is 2.12. The number of hydrogen-bond donors (Lipinski definition) is 1. The summed E-state index contributed by atoms with van der Waals surface area (Å²) in [5.74, 6) is -1.49. The number of carbonyl (C=O) groups excluding carboxylic acids is 1. The van der Waals surface area contributed by atoms with Crippen LogP contribution >= 0.6 is 0 Å². The molecule has 4 nitrogen and oxygen atoms in total. The van der Waals surface area contributed by atoms with E-state index in [0.29, 0.717) is 6.42 Å². The molecule has 0 bridgehead atoms. The van der Waals surface area contributed by atoms with E-state index in [9.17, 15) is 9.59 Å². The van der Waals surface area contributed by atoms with E-state index in [-0.39, 0.29) is 12.5 Å². The molecule has 0 radical (unpaired) electrons. The number of carbonyl (C=O) groups is 2. The van der Waals surface area contributed by atoms with Crippen LogP contribution in [0.1, 0.15) is 23.6 Å². The van der Waals surface area contributed by atoms with Crippen molar-refractivity contribution in [1.29, 1.82) is 0 Å². The van der Waals surface area contributed by atoms with Crippen molar-refractivity contribution in [3.8, 4) is 0 Å². The molecule has 1 unspecified atom stereocenters. The monoisotopic (exact) mass is 263 g/mol. The zero-order chi connectivity index (χ0) is 14.6. The molecule has 1 amide bonds. The Balaban J connectivity index is 2.68. The van der Waals surface area contributed by atoms with Crippen LogP contribution in [0, 0.1) is 19.8 Å². The summed E-state index contributed by atoms with van der Waals surface area (Å²) in [5, 5.41) is 8.84. The number of likely N-dealkylation sites (N-methyl/N-ethyl adjacent to an activating group) is 1. The lowest BCUT2D eigenvalue weighted by Gasteiger charge is -2.20. The summed E-state index contributed by atoms with van der Waals surface area (Å²) in [6.45, 7) is 5.80. The van der Waals surface area contributed by atoms with Gasteiger partial charge in [-0.05, 0) is 25.0 Å². The first-order valence-electron chi connectivity index (χ1n) is 6.34. The van der Waals surface area contributed by atoms with Gasteiger partial charge in [0.05, 0.1) is 12.3 Å². The summed E-state index contributed by atoms with van der Waals surface area (Å²) < 4.78 is 0. The molecule has 1 N–H and O–H groups in total. The van der Waals surface area contributed by atoms with Crippen molar-refractivity contribution >= 4 is 11.9 Å². The maximum Gasteiger partial charge on any atom is 0.308 e. The molecular weight excluding hydrogens is 242 g/mol. The molecule has 0 aromatic heterocycles. The molecule has 0 saturated heterocycles. The van der Waals surface area contributed by atoms with E-state index in [1.807, 2.05) is 32.0 Å². The number of benzene rings is 1. The number of nitrogens with zero attached hydrogens (tertiary/aromatic N) is 1. The second-order valence-corrected chi connectivity index (χ2v) is 5.12. The van der Waals surface area contributed by atoms with Gasteiger partial charge in [-0.15, -0.1) is 0 Å². The highest BCUT2D eigenvalue weighted by atomic mass is 16.4. The predicted molar refractivity (Wildman–Crippen MR) is 74.1 cm³/mol. The van der Waals surface area contributed by atoms with Gasteiger partial charge in [-0.3, -0.25) is 9.59 Å². The van der Waals surface area contributed by atoms with Crippen molar-refractivity contribution in [1.82, 2.24) is 4.90 Å². The van der Waals surface area contributed by atoms with Crippen LogP contribution in [0.25, 0.3) is 0 Å². The zero-order valence-electron chi connectivity index (χ0n) is 11.9. The molecule has 19 heavy (non-hydrogen) atoms. The summed E-state index contributed by atoms with van der Waals surface area (Å²) in [4.78, 5) is 24.3. The Bertz CT molecular complexity index is 482. The Morgan fingerprint density at radius 2 is 1.95 bits per heavy atom. The maximum atomic E-state index is 12.1. The SMILES string of the molecule is Cc1ccc(C)c(CC(=O)N(C)CC(C)C(=O)O)c1. The van der Waals surface area contributed by atoms with E-state index in [0.717, 1.165) is 16.7 Å². The normalized spacial score (nSPS) is 12.0. The van der Waals surface area contributed by atoms with Gasteiger partial charge in [-0.25, -0.2) is 0 Å². The minimum atomic E-state index is -0.883. The minimum Gasteiger partial charge on any atom is -0.481 e. The second kappa shape index (κ2) is 6.36. The predicted octanol–water partition coefficient (Wildman–Crippen LogP) is 2.03. The van der Waals surface area contributed by atoms with Crippen molar-refractivity contribution in [2.24, 2.45) is 5.92 Å². The van der Waals surface area contributed by atoms with E-state index in [4.69, 9.17) is 5.11 Å². The van der Waals surface area contributed by atoms with Gasteiger partial charge in [-0.2, -0.15) is 0 Å². The first-order chi connectivity index (χ1) is 8.81. The second-order valence-electron chi connectivity index (χ2n) is 5.12. The van der Waals surface area contributed by atoms with Gasteiger partial charge in [-0.1, -0.05) is 30.7 Å². The van der Waals surface area contributed by atoms with Gasteiger partial charge in [0.1, 0.15) is 0 Å². The molecule has 1 aromatic rings. The van der Waals surface area contributed by atoms with Crippen molar-refractivity contribution in [3.05, 3.63) is 34.9 Å². The number of amides is 1. The number of aliphatic carboxylic acids is 1. The first kappa shape index (κ1) is 15.2. The molecule has 0 aliphatic carbocycles. The van der Waals surface area contributed by atoms with Crippen molar-refractivity contribution in [2.45, 2.75) is 27.2 Å². The summed E-state index contributed by atoms with van der Waals surface area (Å²) in [7, 11) is 1.65. The molecule has 0 spiro atoms. The molecule has 0 heterocycles. The van der Waals surface area contributed by atoms with E-state index in [1.54, 1.807) is 14.0 Å². The fourth-order valence-electron chi connectivity index (χ4n) is 1.88. The average molecular weight is 263 g/mol. The Labute approximate surface area is 114 Å². The highest BCUT2D eigenvalue weighted by molar-refractivity contribution is 5.79. The fourth-order valence-corrected chi connectivity index (χ4v) is 1.88. The lowest BCUT2D eigenvalue weighted by Crippen LogP contribution is -2.34. The van der Waals surface area contributed by atoms with E-state index in [2.05, 4.69) is 0 Å². The standard InChI is InChI=1S/C15H21NO3/c1-10-5-6-11(2)13(7-10)8-14(17)16(4)9-12(3)15(18)19/h5-7,12H,8-9H2,1-4H3,(H,18,19). The number of carboxylic acids is 1. The summed E-state index contributed by atoms with van der Waals surface area (Å²) >= 11 is 0. The number of aryl methyl sites for hydroxylation is 2. The Hall–Kier alpha value is -1.84. The Morgan fingerprint density at radius 3 is 2.53 bits per heavy atom. The quantitative estimate of drug-likeness (QED) is 0.884. The third kappa shape index (κ3) is 4.39. The summed E-state index contributed by atoms with van der Waals surface area (Å²) in [5.41, 5.74) is 3.20. The van der Waals surface area contributed by atoms with Crippen LogP contribution in [0.4, 0.5) is 0 Å². The molecule has 1 aromatic carbocycles. The smallest absolute Gasteiger partial charge is 0.308 e.